The van der Waals surface area contributed by atoms with Crippen molar-refractivity contribution >= 4 is 17.3 Å². The van der Waals surface area contributed by atoms with Crippen LogP contribution < -0.4 is 0 Å². The Hall–Kier alpha value is -1.60. The van der Waals surface area contributed by atoms with Crippen molar-refractivity contribution < 1.29 is 4.92 Å². The second-order valence-electron chi connectivity index (χ2n) is 5.79. The van der Waals surface area contributed by atoms with Gasteiger partial charge in [0.25, 0.3) is 5.69 Å². The van der Waals surface area contributed by atoms with Gasteiger partial charge in [0.2, 0.25) is 0 Å². The fourth-order valence-corrected chi connectivity index (χ4v) is 2.55. The first-order valence-electron chi connectivity index (χ1n) is 6.66. The molecule has 20 heavy (non-hydrogen) atoms. The number of nitro benzene ring substituents is 1. The van der Waals surface area contributed by atoms with E-state index in [1.807, 2.05) is 27.7 Å². The molecule has 1 rings (SSSR count). The minimum absolute atomic E-state index is 0.0262. The normalized spacial score (nSPS) is 10.9. The Kier molecular flexibility index (Phi) is 5.52. The second-order valence-corrected chi connectivity index (χ2v) is 6.17. The highest BCUT2D eigenvalue weighted by atomic mass is 35.5. The number of halogens is 1. The SMILES string of the molecule is CC(C)Cc1cc([N+](=O)[O-])c(CC(C)C)c(Cl)c1C#N. The van der Waals surface area contributed by atoms with Crippen molar-refractivity contribution in [2.24, 2.45) is 11.8 Å². The topological polar surface area (TPSA) is 66.9 Å². The molecule has 4 nitrogen and oxygen atoms in total. The molecule has 0 aliphatic rings. The van der Waals surface area contributed by atoms with Crippen LogP contribution in [-0.2, 0) is 12.8 Å². The van der Waals surface area contributed by atoms with Crippen LogP contribution in [0.4, 0.5) is 5.69 Å². The average Bonchev–Trinajstić information content (AvgIpc) is 2.31. The van der Waals surface area contributed by atoms with Crippen LogP contribution in [0.1, 0.15) is 44.4 Å². The van der Waals surface area contributed by atoms with Crippen molar-refractivity contribution in [2.45, 2.75) is 40.5 Å². The summed E-state index contributed by atoms with van der Waals surface area (Å²) in [6.45, 7) is 7.94. The third kappa shape index (κ3) is 3.71. The Morgan fingerprint density at radius 3 is 2.25 bits per heavy atom. The van der Waals surface area contributed by atoms with E-state index >= 15 is 0 Å². The lowest BCUT2D eigenvalue weighted by atomic mass is 9.92. The van der Waals surface area contributed by atoms with E-state index in [-0.39, 0.29) is 16.6 Å². The first-order valence-corrected chi connectivity index (χ1v) is 7.04. The minimum atomic E-state index is -0.408. The number of hydrogen-bond donors (Lipinski definition) is 0. The molecule has 0 saturated heterocycles. The van der Waals surface area contributed by atoms with Gasteiger partial charge in [0.15, 0.2) is 0 Å². The standard InChI is InChI=1S/C15H19ClN2O2/c1-9(2)5-11-7-14(18(19)20)12(6-10(3)4)15(16)13(11)8-17/h7,9-10H,5-6H2,1-4H3. The maximum Gasteiger partial charge on any atom is 0.274 e. The maximum absolute atomic E-state index is 11.3. The summed E-state index contributed by atoms with van der Waals surface area (Å²) in [4.78, 5) is 10.8. The molecule has 0 fully saturated rings. The predicted molar refractivity (Wildman–Crippen MR) is 79.9 cm³/mol. The van der Waals surface area contributed by atoms with Gasteiger partial charge < -0.3 is 0 Å². The van der Waals surface area contributed by atoms with Gasteiger partial charge in [-0.15, -0.1) is 0 Å². The number of benzene rings is 1. The van der Waals surface area contributed by atoms with Gasteiger partial charge in [0.05, 0.1) is 21.1 Å². The Labute approximate surface area is 124 Å². The molecule has 0 unspecified atom stereocenters. The average molecular weight is 295 g/mol. The molecule has 0 aliphatic carbocycles. The molecule has 1 aromatic carbocycles. The highest BCUT2D eigenvalue weighted by molar-refractivity contribution is 6.33. The Morgan fingerprint density at radius 1 is 1.30 bits per heavy atom. The summed E-state index contributed by atoms with van der Waals surface area (Å²) in [5.74, 6) is 0.530. The third-order valence-electron chi connectivity index (χ3n) is 2.97. The minimum Gasteiger partial charge on any atom is -0.258 e. The third-order valence-corrected chi connectivity index (χ3v) is 3.39. The molecule has 0 spiro atoms. The lowest BCUT2D eigenvalue weighted by Crippen LogP contribution is -2.06. The summed E-state index contributed by atoms with van der Waals surface area (Å²) < 4.78 is 0. The van der Waals surface area contributed by atoms with Gasteiger partial charge in [-0.05, 0) is 30.2 Å². The molecule has 108 valence electrons. The number of nitrogens with zero attached hydrogens (tertiary/aromatic N) is 2. The van der Waals surface area contributed by atoms with Crippen molar-refractivity contribution in [3.8, 4) is 6.07 Å². The van der Waals surface area contributed by atoms with Crippen molar-refractivity contribution in [2.75, 3.05) is 0 Å². The smallest absolute Gasteiger partial charge is 0.258 e. The van der Waals surface area contributed by atoms with Gasteiger partial charge in [-0.2, -0.15) is 5.26 Å². The van der Waals surface area contributed by atoms with Gasteiger partial charge in [-0.3, -0.25) is 10.1 Å². The van der Waals surface area contributed by atoms with Gasteiger partial charge in [-0.1, -0.05) is 39.3 Å². The first-order chi connectivity index (χ1) is 9.27. The summed E-state index contributed by atoms with van der Waals surface area (Å²) >= 11 is 6.26. The number of nitro groups is 1. The van der Waals surface area contributed by atoms with Gasteiger partial charge in [0.1, 0.15) is 6.07 Å². The van der Waals surface area contributed by atoms with Crippen molar-refractivity contribution in [1.82, 2.24) is 0 Å². The van der Waals surface area contributed by atoms with Crippen LogP contribution in [0.5, 0.6) is 0 Å². The summed E-state index contributed by atoms with van der Waals surface area (Å²) in [5.41, 5.74) is 1.53. The molecule has 0 amide bonds. The monoisotopic (exact) mass is 294 g/mol. The van der Waals surface area contributed by atoms with E-state index in [4.69, 9.17) is 11.6 Å². The number of hydrogen-bond acceptors (Lipinski definition) is 3. The molecule has 0 atom stereocenters. The first kappa shape index (κ1) is 16.5. The van der Waals surface area contributed by atoms with Crippen molar-refractivity contribution in [1.29, 1.82) is 5.26 Å². The molecule has 0 heterocycles. The zero-order valence-corrected chi connectivity index (χ0v) is 13.0. The molecule has 0 N–H and O–H groups in total. The van der Waals surface area contributed by atoms with Gasteiger partial charge in [-0.25, -0.2) is 0 Å². The van der Waals surface area contributed by atoms with E-state index in [0.717, 1.165) is 0 Å². The molecule has 0 aliphatic heterocycles. The van der Waals surface area contributed by atoms with E-state index in [2.05, 4.69) is 6.07 Å². The highest BCUT2D eigenvalue weighted by Crippen LogP contribution is 2.35. The zero-order chi connectivity index (χ0) is 15.4. The molecular formula is C15H19ClN2O2. The molecular weight excluding hydrogens is 276 g/mol. The lowest BCUT2D eigenvalue weighted by molar-refractivity contribution is -0.385. The highest BCUT2D eigenvalue weighted by Gasteiger charge is 2.24. The Bertz CT molecular complexity index is 560. The summed E-state index contributed by atoms with van der Waals surface area (Å²) in [7, 11) is 0. The molecule has 0 radical (unpaired) electrons. The fourth-order valence-electron chi connectivity index (χ4n) is 2.22. The van der Waals surface area contributed by atoms with E-state index < -0.39 is 4.92 Å². The van der Waals surface area contributed by atoms with E-state index in [0.29, 0.717) is 35.4 Å². The summed E-state index contributed by atoms with van der Waals surface area (Å²) in [5, 5.41) is 20.8. The predicted octanol–water partition coefficient (Wildman–Crippen LogP) is 4.52. The lowest BCUT2D eigenvalue weighted by Gasteiger charge is -2.14. The summed E-state index contributed by atoms with van der Waals surface area (Å²) in [6.07, 6.45) is 1.09. The number of rotatable bonds is 5. The van der Waals surface area contributed by atoms with E-state index in [9.17, 15) is 15.4 Å². The molecule has 0 bridgehead atoms. The number of nitriles is 1. The van der Waals surface area contributed by atoms with E-state index in [1.54, 1.807) is 0 Å². The van der Waals surface area contributed by atoms with Crippen molar-refractivity contribution in [3.63, 3.8) is 0 Å². The quantitative estimate of drug-likeness (QED) is 0.592. The van der Waals surface area contributed by atoms with Gasteiger partial charge >= 0.3 is 0 Å². The van der Waals surface area contributed by atoms with Crippen LogP contribution in [-0.4, -0.2) is 4.92 Å². The summed E-state index contributed by atoms with van der Waals surface area (Å²) in [6, 6.07) is 3.61. The van der Waals surface area contributed by atoms with Crippen LogP contribution in [0.2, 0.25) is 5.02 Å². The largest absolute Gasteiger partial charge is 0.274 e. The fraction of sp³-hybridized carbons (Fsp3) is 0.533. The van der Waals surface area contributed by atoms with Crippen LogP contribution >= 0.6 is 11.6 Å². The molecule has 0 saturated carbocycles. The van der Waals surface area contributed by atoms with Gasteiger partial charge in [0, 0.05) is 6.07 Å². The van der Waals surface area contributed by atoms with Crippen molar-refractivity contribution in [3.05, 3.63) is 37.9 Å². The molecule has 5 heteroatoms. The zero-order valence-electron chi connectivity index (χ0n) is 12.2. The second kappa shape index (κ2) is 6.71. The van der Waals surface area contributed by atoms with Crippen LogP contribution in [0, 0.1) is 33.3 Å². The van der Waals surface area contributed by atoms with E-state index in [1.165, 1.54) is 6.07 Å². The van der Waals surface area contributed by atoms with Crippen LogP contribution in [0.25, 0.3) is 0 Å². The maximum atomic E-state index is 11.3. The Morgan fingerprint density at radius 2 is 1.85 bits per heavy atom. The van der Waals surface area contributed by atoms with Crippen LogP contribution in [0.3, 0.4) is 0 Å². The molecule has 1 aromatic rings. The molecule has 0 aromatic heterocycles. The van der Waals surface area contributed by atoms with Crippen LogP contribution in [0.15, 0.2) is 6.07 Å². The Balaban J connectivity index is 3.53.